The van der Waals surface area contributed by atoms with Crippen LogP contribution >= 0.6 is 0 Å². The van der Waals surface area contributed by atoms with Crippen LogP contribution in [-0.2, 0) is 4.79 Å². The highest BCUT2D eigenvalue weighted by Gasteiger charge is 2.26. The standard InChI is InChI=1S/C24H29N3O2/c1-4-17(2)22(25)10-7-15-29-19-13-11-18(12-14-19)24-21-9-6-5-8-20(21)23(16-28)27(3)26-24/h5-6,8-9,11-14,16-17,23,25H,4,7,10,15H2,1-3H3/t17-,23?/m1/s1. The summed E-state index contributed by atoms with van der Waals surface area (Å²) in [4.78, 5) is 11.5. The summed E-state index contributed by atoms with van der Waals surface area (Å²) >= 11 is 0. The number of nitrogens with zero attached hydrogens (tertiary/aromatic N) is 2. The second-order valence-electron chi connectivity index (χ2n) is 7.50. The van der Waals surface area contributed by atoms with Crippen molar-refractivity contribution in [1.82, 2.24) is 5.01 Å². The Morgan fingerprint density at radius 3 is 2.66 bits per heavy atom. The molecule has 0 amide bonds. The first-order valence-corrected chi connectivity index (χ1v) is 10.2. The van der Waals surface area contributed by atoms with E-state index in [1.54, 1.807) is 5.01 Å². The van der Waals surface area contributed by atoms with Gasteiger partial charge in [0, 0.05) is 23.9 Å². The van der Waals surface area contributed by atoms with Crippen molar-refractivity contribution in [3.63, 3.8) is 0 Å². The van der Waals surface area contributed by atoms with Gasteiger partial charge in [0.25, 0.3) is 0 Å². The first kappa shape index (κ1) is 20.8. The third-order valence-corrected chi connectivity index (χ3v) is 5.52. The highest BCUT2D eigenvalue weighted by Crippen LogP contribution is 2.29. The SMILES string of the molecule is CC[C@@H](C)C(=N)CCCOc1ccc(C2=NN(C)C(C=O)c3ccccc32)cc1. The van der Waals surface area contributed by atoms with Crippen molar-refractivity contribution in [2.45, 2.75) is 39.2 Å². The highest BCUT2D eigenvalue weighted by atomic mass is 16.5. The van der Waals surface area contributed by atoms with E-state index in [-0.39, 0.29) is 6.04 Å². The fraction of sp³-hybridized carbons (Fsp3) is 0.375. The van der Waals surface area contributed by atoms with E-state index < -0.39 is 0 Å². The van der Waals surface area contributed by atoms with Gasteiger partial charge in [-0.3, -0.25) is 5.01 Å². The summed E-state index contributed by atoms with van der Waals surface area (Å²) in [5, 5.41) is 14.4. The van der Waals surface area contributed by atoms with Crippen molar-refractivity contribution < 1.29 is 9.53 Å². The van der Waals surface area contributed by atoms with Crippen LogP contribution in [0.4, 0.5) is 0 Å². The van der Waals surface area contributed by atoms with Crippen LogP contribution in [0.3, 0.4) is 0 Å². The quantitative estimate of drug-likeness (QED) is 0.377. The van der Waals surface area contributed by atoms with Crippen LogP contribution in [0.2, 0.25) is 0 Å². The maximum Gasteiger partial charge on any atom is 0.148 e. The molecule has 2 aromatic rings. The molecule has 2 atom stereocenters. The minimum Gasteiger partial charge on any atom is -0.494 e. The van der Waals surface area contributed by atoms with Gasteiger partial charge in [0.15, 0.2) is 0 Å². The lowest BCUT2D eigenvalue weighted by Gasteiger charge is -2.29. The molecule has 1 heterocycles. The van der Waals surface area contributed by atoms with Crippen LogP contribution in [0.1, 0.15) is 55.8 Å². The zero-order chi connectivity index (χ0) is 20.8. The first-order valence-electron chi connectivity index (χ1n) is 10.2. The van der Waals surface area contributed by atoms with Gasteiger partial charge in [-0.15, -0.1) is 0 Å². The van der Waals surface area contributed by atoms with Gasteiger partial charge >= 0.3 is 0 Å². The average Bonchev–Trinajstić information content (AvgIpc) is 2.76. The number of carbonyl (C=O) groups is 1. The predicted molar refractivity (Wildman–Crippen MR) is 117 cm³/mol. The number of rotatable bonds is 9. The molecule has 5 heteroatoms. The van der Waals surface area contributed by atoms with E-state index >= 15 is 0 Å². The van der Waals surface area contributed by atoms with Gasteiger partial charge in [-0.25, -0.2) is 0 Å². The van der Waals surface area contributed by atoms with Crippen LogP contribution in [-0.4, -0.2) is 36.4 Å². The summed E-state index contributed by atoms with van der Waals surface area (Å²) in [7, 11) is 1.82. The number of carbonyl (C=O) groups excluding carboxylic acids is 1. The summed E-state index contributed by atoms with van der Waals surface area (Å²) in [6, 6.07) is 15.5. The Bertz CT molecular complexity index is 889. The molecule has 0 spiro atoms. The molecule has 1 aliphatic heterocycles. The molecule has 0 bridgehead atoms. The number of hydrogen-bond donors (Lipinski definition) is 1. The van der Waals surface area contributed by atoms with E-state index in [0.717, 1.165) is 59.4 Å². The molecule has 1 N–H and O–H groups in total. The molecule has 2 aromatic carbocycles. The molecule has 1 aliphatic rings. The third kappa shape index (κ3) is 4.73. The number of fused-ring (bicyclic) bond motifs is 1. The molecule has 5 nitrogen and oxygen atoms in total. The lowest BCUT2D eigenvalue weighted by molar-refractivity contribution is -0.112. The van der Waals surface area contributed by atoms with Crippen molar-refractivity contribution >= 4 is 17.7 Å². The Balaban J connectivity index is 1.66. The zero-order valence-corrected chi connectivity index (χ0v) is 17.4. The second kappa shape index (κ2) is 9.50. The largest absolute Gasteiger partial charge is 0.494 e. The number of hydrogen-bond acceptors (Lipinski definition) is 5. The van der Waals surface area contributed by atoms with E-state index in [4.69, 9.17) is 10.1 Å². The van der Waals surface area contributed by atoms with Crippen molar-refractivity contribution in [2.75, 3.05) is 13.7 Å². The van der Waals surface area contributed by atoms with Crippen LogP contribution in [0.5, 0.6) is 5.75 Å². The van der Waals surface area contributed by atoms with E-state index in [2.05, 4.69) is 18.9 Å². The lowest BCUT2D eigenvalue weighted by atomic mass is 9.92. The number of nitrogens with one attached hydrogen (secondary N) is 1. The summed E-state index contributed by atoms with van der Waals surface area (Å²) in [6.45, 7) is 4.82. The summed E-state index contributed by atoms with van der Waals surface area (Å²) < 4.78 is 5.84. The van der Waals surface area contributed by atoms with E-state index in [1.807, 2.05) is 55.6 Å². The van der Waals surface area contributed by atoms with Gasteiger partial charge in [0.05, 0.1) is 12.3 Å². The monoisotopic (exact) mass is 391 g/mol. The Morgan fingerprint density at radius 1 is 1.24 bits per heavy atom. The smallest absolute Gasteiger partial charge is 0.148 e. The maximum atomic E-state index is 11.5. The molecule has 29 heavy (non-hydrogen) atoms. The van der Waals surface area contributed by atoms with Crippen molar-refractivity contribution in [2.24, 2.45) is 11.0 Å². The Kier molecular flexibility index (Phi) is 6.81. The first-order chi connectivity index (χ1) is 14.0. The number of ether oxygens (including phenoxy) is 1. The summed E-state index contributed by atoms with van der Waals surface area (Å²) in [6.07, 6.45) is 3.57. The molecular formula is C24H29N3O2. The molecule has 0 aliphatic carbocycles. The number of aldehydes is 1. The molecule has 0 saturated heterocycles. The van der Waals surface area contributed by atoms with E-state index in [1.165, 1.54) is 0 Å². The molecule has 0 fully saturated rings. The molecular weight excluding hydrogens is 362 g/mol. The molecule has 152 valence electrons. The van der Waals surface area contributed by atoms with Gasteiger partial charge in [0.1, 0.15) is 18.1 Å². The van der Waals surface area contributed by atoms with E-state index in [9.17, 15) is 4.79 Å². The number of hydrazone groups is 1. The fourth-order valence-corrected chi connectivity index (χ4v) is 3.47. The minimum atomic E-state index is -0.355. The second-order valence-corrected chi connectivity index (χ2v) is 7.50. The summed E-state index contributed by atoms with van der Waals surface area (Å²) in [5.41, 5.74) is 4.60. The lowest BCUT2D eigenvalue weighted by Crippen LogP contribution is -2.29. The number of likely N-dealkylation sites (N-methyl/N-ethyl adjacent to an activating group) is 1. The predicted octanol–water partition coefficient (Wildman–Crippen LogP) is 4.85. The fourth-order valence-electron chi connectivity index (χ4n) is 3.47. The van der Waals surface area contributed by atoms with Gasteiger partial charge < -0.3 is 14.9 Å². The van der Waals surface area contributed by atoms with Gasteiger partial charge in [0.2, 0.25) is 0 Å². The summed E-state index contributed by atoms with van der Waals surface area (Å²) in [5.74, 6) is 1.16. The normalized spacial score (nSPS) is 16.6. The number of benzene rings is 2. The Morgan fingerprint density at radius 2 is 1.97 bits per heavy atom. The van der Waals surface area contributed by atoms with Crippen LogP contribution in [0.25, 0.3) is 0 Å². The maximum absolute atomic E-state index is 11.5. The molecule has 0 saturated carbocycles. The van der Waals surface area contributed by atoms with Crippen molar-refractivity contribution in [3.8, 4) is 5.75 Å². The van der Waals surface area contributed by atoms with Crippen LogP contribution in [0, 0.1) is 11.3 Å². The topological polar surface area (TPSA) is 65.8 Å². The Hall–Kier alpha value is -2.95. The van der Waals surface area contributed by atoms with Gasteiger partial charge in [-0.2, -0.15) is 5.10 Å². The van der Waals surface area contributed by atoms with Crippen LogP contribution < -0.4 is 4.74 Å². The van der Waals surface area contributed by atoms with E-state index in [0.29, 0.717) is 12.5 Å². The minimum absolute atomic E-state index is 0.352. The Labute approximate surface area is 172 Å². The van der Waals surface area contributed by atoms with Gasteiger partial charge in [-0.05, 0) is 55.0 Å². The third-order valence-electron chi connectivity index (χ3n) is 5.52. The van der Waals surface area contributed by atoms with Gasteiger partial charge in [-0.1, -0.05) is 38.1 Å². The molecule has 3 rings (SSSR count). The van der Waals surface area contributed by atoms with Crippen molar-refractivity contribution in [1.29, 1.82) is 5.41 Å². The molecule has 1 unspecified atom stereocenters. The average molecular weight is 392 g/mol. The van der Waals surface area contributed by atoms with Crippen LogP contribution in [0.15, 0.2) is 53.6 Å². The molecule has 0 radical (unpaired) electrons. The highest BCUT2D eigenvalue weighted by molar-refractivity contribution is 6.14. The zero-order valence-electron chi connectivity index (χ0n) is 17.4. The molecule has 0 aromatic heterocycles. The van der Waals surface area contributed by atoms with Crippen molar-refractivity contribution in [3.05, 3.63) is 65.2 Å².